The van der Waals surface area contributed by atoms with Crippen LogP contribution in [0.15, 0.2) is 30.3 Å². The van der Waals surface area contributed by atoms with Crippen LogP contribution in [0.2, 0.25) is 0 Å². The van der Waals surface area contributed by atoms with E-state index in [-0.39, 0.29) is 5.91 Å². The van der Waals surface area contributed by atoms with E-state index < -0.39 is 0 Å². The molecule has 1 fully saturated rings. The zero-order chi connectivity index (χ0) is 19.2. The number of rotatable bonds is 7. The average Bonchev–Trinajstić information content (AvgIpc) is 2.95. The smallest absolute Gasteiger partial charge is 0.224 e. The van der Waals surface area contributed by atoms with Crippen molar-refractivity contribution >= 4 is 5.91 Å². The Morgan fingerprint density at radius 1 is 1.22 bits per heavy atom. The summed E-state index contributed by atoms with van der Waals surface area (Å²) in [5.41, 5.74) is 4.02. The van der Waals surface area contributed by atoms with Gasteiger partial charge in [-0.05, 0) is 58.7 Å². The summed E-state index contributed by atoms with van der Waals surface area (Å²) in [6, 6.07) is 10.7. The van der Waals surface area contributed by atoms with E-state index in [9.17, 15) is 4.79 Å². The Hall–Kier alpha value is -2.14. The Morgan fingerprint density at radius 2 is 2.00 bits per heavy atom. The van der Waals surface area contributed by atoms with Crippen molar-refractivity contribution in [3.05, 3.63) is 47.3 Å². The third-order valence-electron chi connectivity index (χ3n) is 5.66. The SMILES string of the molecule is Cc1nn(-c2ccccc2)c(C)c1CC(=O)NCCCN1CCCC[C@H]1C. The first-order valence-electron chi connectivity index (χ1n) is 10.2. The molecule has 0 saturated carbocycles. The van der Waals surface area contributed by atoms with E-state index in [0.29, 0.717) is 12.5 Å². The lowest BCUT2D eigenvalue weighted by molar-refractivity contribution is -0.120. The van der Waals surface area contributed by atoms with E-state index in [4.69, 9.17) is 0 Å². The molecule has 5 heteroatoms. The van der Waals surface area contributed by atoms with E-state index >= 15 is 0 Å². The Morgan fingerprint density at radius 3 is 2.74 bits per heavy atom. The fourth-order valence-corrected chi connectivity index (χ4v) is 3.97. The van der Waals surface area contributed by atoms with Crippen molar-refractivity contribution in [1.82, 2.24) is 20.0 Å². The van der Waals surface area contributed by atoms with Crippen LogP contribution in [0, 0.1) is 13.8 Å². The second-order valence-electron chi connectivity index (χ2n) is 7.66. The molecule has 1 amide bonds. The standard InChI is InChI=1S/C22H32N4O/c1-17-10-7-8-14-25(17)15-9-13-23-22(27)16-21-18(2)24-26(19(21)3)20-11-5-4-6-12-20/h4-6,11-12,17H,7-10,13-16H2,1-3H3,(H,23,27)/t17-/m1/s1. The van der Waals surface area contributed by atoms with Crippen LogP contribution in [0.1, 0.15) is 49.6 Å². The average molecular weight is 369 g/mol. The van der Waals surface area contributed by atoms with Crippen molar-refractivity contribution in [3.63, 3.8) is 0 Å². The van der Waals surface area contributed by atoms with Crippen LogP contribution in [0.5, 0.6) is 0 Å². The summed E-state index contributed by atoms with van der Waals surface area (Å²) in [6.45, 7) is 9.35. The third-order valence-corrected chi connectivity index (χ3v) is 5.66. The molecule has 0 radical (unpaired) electrons. The van der Waals surface area contributed by atoms with Gasteiger partial charge in [0.2, 0.25) is 5.91 Å². The first-order chi connectivity index (χ1) is 13.1. The minimum Gasteiger partial charge on any atom is -0.356 e. The predicted octanol–water partition coefficient (Wildman–Crippen LogP) is 3.41. The van der Waals surface area contributed by atoms with Crippen LogP contribution in [-0.2, 0) is 11.2 Å². The number of nitrogens with one attached hydrogen (secondary N) is 1. The lowest BCUT2D eigenvalue weighted by atomic mass is 10.0. The molecular weight excluding hydrogens is 336 g/mol. The van der Waals surface area contributed by atoms with Gasteiger partial charge in [0.05, 0.1) is 17.8 Å². The van der Waals surface area contributed by atoms with Crippen molar-refractivity contribution in [1.29, 1.82) is 0 Å². The van der Waals surface area contributed by atoms with Gasteiger partial charge in [0.15, 0.2) is 0 Å². The number of likely N-dealkylation sites (tertiary alicyclic amines) is 1. The highest BCUT2D eigenvalue weighted by Crippen LogP contribution is 2.18. The van der Waals surface area contributed by atoms with Crippen molar-refractivity contribution in [2.75, 3.05) is 19.6 Å². The molecule has 0 bridgehead atoms. The molecule has 1 N–H and O–H groups in total. The molecule has 27 heavy (non-hydrogen) atoms. The first kappa shape index (κ1) is 19.6. The number of para-hydroxylation sites is 1. The molecule has 1 saturated heterocycles. The molecule has 3 rings (SSSR count). The number of aromatic nitrogens is 2. The number of nitrogens with zero attached hydrogens (tertiary/aromatic N) is 3. The molecule has 1 aliphatic rings. The zero-order valence-electron chi connectivity index (χ0n) is 16.9. The topological polar surface area (TPSA) is 50.2 Å². The fourth-order valence-electron chi connectivity index (χ4n) is 3.97. The number of amides is 1. The second kappa shape index (κ2) is 9.18. The van der Waals surface area contributed by atoms with Gasteiger partial charge < -0.3 is 10.2 Å². The first-order valence-corrected chi connectivity index (χ1v) is 10.2. The molecule has 1 atom stereocenters. The molecule has 5 nitrogen and oxygen atoms in total. The summed E-state index contributed by atoms with van der Waals surface area (Å²) in [4.78, 5) is 15.0. The van der Waals surface area contributed by atoms with Gasteiger partial charge in [-0.2, -0.15) is 5.10 Å². The number of carbonyl (C=O) groups excluding carboxylic acids is 1. The zero-order valence-corrected chi connectivity index (χ0v) is 16.9. The fraction of sp³-hybridized carbons (Fsp3) is 0.545. The van der Waals surface area contributed by atoms with Gasteiger partial charge >= 0.3 is 0 Å². The number of carbonyl (C=O) groups is 1. The number of benzene rings is 1. The van der Waals surface area contributed by atoms with E-state index in [2.05, 4.69) is 22.2 Å². The van der Waals surface area contributed by atoms with Gasteiger partial charge in [0.1, 0.15) is 0 Å². The molecule has 0 unspecified atom stereocenters. The van der Waals surface area contributed by atoms with Crippen molar-refractivity contribution in [2.45, 2.75) is 58.9 Å². The molecule has 1 aromatic heterocycles. The Bertz CT molecular complexity index is 753. The van der Waals surface area contributed by atoms with Gasteiger partial charge in [-0.1, -0.05) is 24.6 Å². The molecule has 1 aliphatic heterocycles. The Kier molecular flexibility index (Phi) is 6.67. The normalized spacial score (nSPS) is 17.8. The quantitative estimate of drug-likeness (QED) is 0.762. The summed E-state index contributed by atoms with van der Waals surface area (Å²) in [6.07, 6.45) is 5.36. The second-order valence-corrected chi connectivity index (χ2v) is 7.66. The van der Waals surface area contributed by atoms with Crippen LogP contribution in [0.3, 0.4) is 0 Å². The molecule has 1 aromatic carbocycles. The van der Waals surface area contributed by atoms with E-state index in [1.807, 2.05) is 48.9 Å². The lowest BCUT2D eigenvalue weighted by Crippen LogP contribution is -2.39. The number of aryl methyl sites for hydroxylation is 1. The molecular formula is C22H32N4O. The van der Waals surface area contributed by atoms with E-state index in [0.717, 1.165) is 42.1 Å². The predicted molar refractivity (Wildman–Crippen MR) is 109 cm³/mol. The highest BCUT2D eigenvalue weighted by Gasteiger charge is 2.18. The van der Waals surface area contributed by atoms with E-state index in [1.165, 1.54) is 25.8 Å². The summed E-state index contributed by atoms with van der Waals surface area (Å²) in [7, 11) is 0. The minimum atomic E-state index is 0.0838. The summed E-state index contributed by atoms with van der Waals surface area (Å²) in [5.74, 6) is 0.0838. The van der Waals surface area contributed by atoms with Gasteiger partial charge in [0.25, 0.3) is 0 Å². The third kappa shape index (κ3) is 4.98. The number of piperidine rings is 1. The summed E-state index contributed by atoms with van der Waals surface area (Å²) in [5, 5.41) is 7.72. The van der Waals surface area contributed by atoms with Crippen LogP contribution < -0.4 is 5.32 Å². The molecule has 2 aromatic rings. The maximum atomic E-state index is 12.4. The van der Waals surface area contributed by atoms with Crippen molar-refractivity contribution in [2.24, 2.45) is 0 Å². The highest BCUT2D eigenvalue weighted by molar-refractivity contribution is 5.79. The number of hydrogen-bond donors (Lipinski definition) is 1. The number of hydrogen-bond acceptors (Lipinski definition) is 3. The largest absolute Gasteiger partial charge is 0.356 e. The molecule has 2 heterocycles. The maximum Gasteiger partial charge on any atom is 0.224 e. The highest BCUT2D eigenvalue weighted by atomic mass is 16.1. The Balaban J connectivity index is 1.50. The van der Waals surface area contributed by atoms with Crippen LogP contribution in [0.4, 0.5) is 0 Å². The van der Waals surface area contributed by atoms with Crippen LogP contribution in [-0.4, -0.2) is 46.3 Å². The summed E-state index contributed by atoms with van der Waals surface area (Å²) < 4.78 is 1.93. The van der Waals surface area contributed by atoms with E-state index in [1.54, 1.807) is 0 Å². The molecule has 0 spiro atoms. The monoisotopic (exact) mass is 368 g/mol. The van der Waals surface area contributed by atoms with Gasteiger partial charge in [0, 0.05) is 30.4 Å². The Labute approximate surface area is 162 Å². The maximum absolute atomic E-state index is 12.4. The van der Waals surface area contributed by atoms with Gasteiger partial charge in [-0.15, -0.1) is 0 Å². The van der Waals surface area contributed by atoms with Crippen LogP contribution in [0.25, 0.3) is 5.69 Å². The van der Waals surface area contributed by atoms with Gasteiger partial charge in [-0.3, -0.25) is 4.79 Å². The van der Waals surface area contributed by atoms with Crippen molar-refractivity contribution < 1.29 is 4.79 Å². The van der Waals surface area contributed by atoms with Crippen molar-refractivity contribution in [3.8, 4) is 5.69 Å². The minimum absolute atomic E-state index is 0.0838. The van der Waals surface area contributed by atoms with Gasteiger partial charge in [-0.25, -0.2) is 4.68 Å². The van der Waals surface area contributed by atoms with Crippen LogP contribution >= 0.6 is 0 Å². The lowest BCUT2D eigenvalue weighted by Gasteiger charge is -2.33. The molecule has 146 valence electrons. The summed E-state index contributed by atoms with van der Waals surface area (Å²) >= 11 is 0. The molecule has 0 aliphatic carbocycles.